The predicted molar refractivity (Wildman–Crippen MR) is 73.5 cm³/mol. The van der Waals surface area contributed by atoms with E-state index in [9.17, 15) is 4.79 Å². The van der Waals surface area contributed by atoms with Gasteiger partial charge in [-0.25, -0.2) is 9.79 Å². The molecule has 0 spiro atoms. The minimum atomic E-state index is -1.08. The SMILES string of the molecule is O=C(O)NC1=Nc2c(ccc3ccccc23)CS1. The molecule has 18 heavy (non-hydrogen) atoms. The fraction of sp³-hybridized carbons (Fsp3) is 0.0769. The first-order valence-corrected chi connectivity index (χ1v) is 6.44. The molecule has 90 valence electrons. The molecule has 4 nitrogen and oxygen atoms in total. The molecule has 0 bridgehead atoms. The number of carboxylic acid groups (broad SMARTS) is 1. The molecule has 1 aliphatic heterocycles. The van der Waals surface area contributed by atoms with Crippen LogP contribution in [0.25, 0.3) is 10.8 Å². The summed E-state index contributed by atoms with van der Waals surface area (Å²) in [4.78, 5) is 15.0. The van der Waals surface area contributed by atoms with Crippen LogP contribution in [0, 0.1) is 0 Å². The van der Waals surface area contributed by atoms with Crippen molar-refractivity contribution in [1.29, 1.82) is 0 Å². The first kappa shape index (κ1) is 11.1. The Morgan fingerprint density at radius 3 is 2.94 bits per heavy atom. The molecule has 0 fully saturated rings. The average Bonchev–Trinajstić information content (AvgIpc) is 2.38. The quantitative estimate of drug-likeness (QED) is 0.761. The number of thioether (sulfide) groups is 1. The molecule has 0 saturated heterocycles. The summed E-state index contributed by atoms with van der Waals surface area (Å²) in [5.74, 6) is 0.735. The van der Waals surface area contributed by atoms with Crippen molar-refractivity contribution in [3.05, 3.63) is 42.0 Å². The summed E-state index contributed by atoms with van der Waals surface area (Å²) in [6, 6.07) is 12.1. The molecule has 2 aromatic carbocycles. The summed E-state index contributed by atoms with van der Waals surface area (Å²) in [7, 11) is 0. The molecule has 1 heterocycles. The molecule has 1 amide bonds. The lowest BCUT2D eigenvalue weighted by Crippen LogP contribution is -2.27. The van der Waals surface area contributed by atoms with Crippen LogP contribution in [0.15, 0.2) is 41.4 Å². The maximum absolute atomic E-state index is 10.6. The Morgan fingerprint density at radius 2 is 2.11 bits per heavy atom. The van der Waals surface area contributed by atoms with Crippen molar-refractivity contribution in [1.82, 2.24) is 5.32 Å². The van der Waals surface area contributed by atoms with E-state index in [4.69, 9.17) is 5.11 Å². The molecule has 3 rings (SSSR count). The van der Waals surface area contributed by atoms with Gasteiger partial charge in [-0.2, -0.15) is 0 Å². The molecule has 0 unspecified atom stereocenters. The first-order valence-electron chi connectivity index (χ1n) is 5.46. The highest BCUT2D eigenvalue weighted by Gasteiger charge is 2.16. The minimum Gasteiger partial charge on any atom is -0.465 e. The van der Waals surface area contributed by atoms with Gasteiger partial charge in [0.25, 0.3) is 0 Å². The van der Waals surface area contributed by atoms with Crippen LogP contribution in [-0.2, 0) is 5.75 Å². The summed E-state index contributed by atoms with van der Waals surface area (Å²) in [5, 5.41) is 13.6. The smallest absolute Gasteiger partial charge is 0.410 e. The number of amidine groups is 1. The third-order valence-corrected chi connectivity index (χ3v) is 3.70. The van der Waals surface area contributed by atoms with Crippen LogP contribution < -0.4 is 5.32 Å². The van der Waals surface area contributed by atoms with Gasteiger partial charge in [0.1, 0.15) is 0 Å². The number of aliphatic imine (C=N–C) groups is 1. The molecular weight excluding hydrogens is 248 g/mol. The Hall–Kier alpha value is -2.01. The highest BCUT2D eigenvalue weighted by molar-refractivity contribution is 8.13. The molecule has 0 radical (unpaired) electrons. The van der Waals surface area contributed by atoms with E-state index >= 15 is 0 Å². The number of rotatable bonds is 0. The Labute approximate surface area is 108 Å². The van der Waals surface area contributed by atoms with Crippen LogP contribution >= 0.6 is 11.8 Å². The molecule has 0 aromatic heterocycles. The number of hydrogen-bond acceptors (Lipinski definition) is 3. The summed E-state index contributed by atoms with van der Waals surface area (Å²) >= 11 is 1.40. The van der Waals surface area contributed by atoms with Crippen LogP contribution in [-0.4, -0.2) is 16.4 Å². The highest BCUT2D eigenvalue weighted by Crippen LogP contribution is 2.36. The van der Waals surface area contributed by atoms with Crippen molar-refractivity contribution in [2.75, 3.05) is 0 Å². The molecule has 5 heteroatoms. The van der Waals surface area contributed by atoms with Crippen LogP contribution in [0.5, 0.6) is 0 Å². The standard InChI is InChI=1S/C13H10N2O2S/c16-13(17)15-12-14-11-9(7-18-12)6-5-8-3-1-2-4-10(8)11/h1-6H,7H2,(H,14,15)(H,16,17). The van der Waals surface area contributed by atoms with Gasteiger partial charge in [-0.3, -0.25) is 5.32 Å². The Morgan fingerprint density at radius 1 is 1.28 bits per heavy atom. The number of nitrogens with zero attached hydrogens (tertiary/aromatic N) is 1. The van der Waals surface area contributed by atoms with Crippen LogP contribution in [0.1, 0.15) is 5.56 Å². The van der Waals surface area contributed by atoms with Gasteiger partial charge >= 0.3 is 6.09 Å². The Bertz CT molecular complexity index is 667. The molecule has 2 aromatic rings. The molecule has 0 atom stereocenters. The number of hydrogen-bond donors (Lipinski definition) is 2. The van der Waals surface area contributed by atoms with Gasteiger partial charge in [0, 0.05) is 11.1 Å². The normalized spacial score (nSPS) is 13.9. The van der Waals surface area contributed by atoms with Crippen molar-refractivity contribution in [3.8, 4) is 0 Å². The fourth-order valence-electron chi connectivity index (χ4n) is 1.98. The van der Waals surface area contributed by atoms with Crippen molar-refractivity contribution >= 4 is 39.5 Å². The predicted octanol–water partition coefficient (Wildman–Crippen LogP) is 3.34. The molecule has 1 aliphatic rings. The lowest BCUT2D eigenvalue weighted by Gasteiger charge is -2.16. The second kappa shape index (κ2) is 4.34. The number of benzene rings is 2. The van der Waals surface area contributed by atoms with Gasteiger partial charge in [0.2, 0.25) is 0 Å². The number of fused-ring (bicyclic) bond motifs is 3. The van der Waals surface area contributed by atoms with E-state index in [1.807, 2.05) is 30.3 Å². The van der Waals surface area contributed by atoms with Crippen molar-refractivity contribution < 1.29 is 9.90 Å². The molecule has 0 saturated carbocycles. The van der Waals surface area contributed by atoms with Crippen molar-refractivity contribution in [2.24, 2.45) is 4.99 Å². The maximum Gasteiger partial charge on any atom is 0.410 e. The maximum atomic E-state index is 10.6. The zero-order valence-electron chi connectivity index (χ0n) is 9.38. The van der Waals surface area contributed by atoms with E-state index in [1.54, 1.807) is 0 Å². The molecular formula is C13H10N2O2S. The summed E-state index contributed by atoms with van der Waals surface area (Å²) < 4.78 is 0. The Kier molecular flexibility index (Phi) is 2.68. The van der Waals surface area contributed by atoms with E-state index < -0.39 is 6.09 Å². The third-order valence-electron chi connectivity index (χ3n) is 2.78. The number of carbonyl (C=O) groups is 1. The highest BCUT2D eigenvalue weighted by atomic mass is 32.2. The van der Waals surface area contributed by atoms with E-state index in [-0.39, 0.29) is 0 Å². The lowest BCUT2D eigenvalue weighted by atomic mass is 10.1. The van der Waals surface area contributed by atoms with Crippen LogP contribution in [0.4, 0.5) is 10.5 Å². The van der Waals surface area contributed by atoms with Crippen LogP contribution in [0.2, 0.25) is 0 Å². The molecule has 0 aliphatic carbocycles. The molecule has 2 N–H and O–H groups in total. The van der Waals surface area contributed by atoms with E-state index in [1.165, 1.54) is 11.8 Å². The summed E-state index contributed by atoms with van der Waals surface area (Å²) in [6.07, 6.45) is -1.08. The second-order valence-corrected chi connectivity index (χ2v) is 4.89. The van der Waals surface area contributed by atoms with Gasteiger partial charge in [-0.05, 0) is 10.9 Å². The minimum absolute atomic E-state index is 0.436. The lowest BCUT2D eigenvalue weighted by molar-refractivity contribution is 0.200. The third kappa shape index (κ3) is 1.93. The van der Waals surface area contributed by atoms with E-state index in [0.717, 1.165) is 27.8 Å². The number of nitrogens with one attached hydrogen (secondary N) is 1. The first-order chi connectivity index (χ1) is 8.74. The van der Waals surface area contributed by atoms with Gasteiger partial charge in [0.15, 0.2) is 5.17 Å². The van der Waals surface area contributed by atoms with E-state index in [0.29, 0.717) is 5.17 Å². The zero-order valence-corrected chi connectivity index (χ0v) is 10.2. The van der Waals surface area contributed by atoms with Gasteiger partial charge in [0.05, 0.1) is 5.69 Å². The monoisotopic (exact) mass is 258 g/mol. The van der Waals surface area contributed by atoms with Crippen molar-refractivity contribution in [3.63, 3.8) is 0 Å². The summed E-state index contributed by atoms with van der Waals surface area (Å²) in [5.41, 5.74) is 2.00. The fourth-order valence-corrected chi connectivity index (χ4v) is 2.82. The topological polar surface area (TPSA) is 61.7 Å². The number of amides is 1. The van der Waals surface area contributed by atoms with Crippen LogP contribution in [0.3, 0.4) is 0 Å². The van der Waals surface area contributed by atoms with Gasteiger partial charge in [-0.15, -0.1) is 0 Å². The Balaban J connectivity index is 2.15. The summed E-state index contributed by atoms with van der Waals surface area (Å²) in [6.45, 7) is 0. The zero-order chi connectivity index (χ0) is 12.5. The van der Waals surface area contributed by atoms with Gasteiger partial charge < -0.3 is 5.11 Å². The largest absolute Gasteiger partial charge is 0.465 e. The van der Waals surface area contributed by atoms with E-state index in [2.05, 4.69) is 16.4 Å². The van der Waals surface area contributed by atoms with Gasteiger partial charge in [-0.1, -0.05) is 48.2 Å². The van der Waals surface area contributed by atoms with Crippen molar-refractivity contribution in [2.45, 2.75) is 5.75 Å². The second-order valence-electron chi connectivity index (χ2n) is 3.93. The average molecular weight is 258 g/mol.